The number of nitrogens with one attached hydrogen (secondary N) is 2. The highest BCUT2D eigenvalue weighted by atomic mass is 32.2. The molecule has 0 aromatic rings. The van der Waals surface area contributed by atoms with E-state index in [1.54, 1.807) is 20.8 Å². The molecule has 2 rings (SSSR count). The van der Waals surface area contributed by atoms with Gasteiger partial charge in [0.05, 0.1) is 7.11 Å². The molecule has 10 heteroatoms. The first-order chi connectivity index (χ1) is 14.0. The molecule has 8 nitrogen and oxygen atoms in total. The van der Waals surface area contributed by atoms with E-state index >= 15 is 0 Å². The van der Waals surface area contributed by atoms with Gasteiger partial charge in [0, 0.05) is 30.2 Å². The Morgan fingerprint density at radius 1 is 1.17 bits per heavy atom. The second-order valence-corrected chi connectivity index (χ2v) is 10.9. The molecule has 1 heterocycles. The molecule has 2 aliphatic rings. The second-order valence-electron chi connectivity index (χ2n) is 8.46. The van der Waals surface area contributed by atoms with Gasteiger partial charge < -0.3 is 15.4 Å². The zero-order valence-corrected chi connectivity index (χ0v) is 20.2. The van der Waals surface area contributed by atoms with E-state index in [1.165, 1.54) is 37.3 Å². The van der Waals surface area contributed by atoms with Gasteiger partial charge in [-0.15, -0.1) is 23.5 Å². The maximum atomic E-state index is 13.0. The molecule has 1 saturated heterocycles. The van der Waals surface area contributed by atoms with Crippen molar-refractivity contribution in [1.82, 2.24) is 15.7 Å². The van der Waals surface area contributed by atoms with Gasteiger partial charge in [-0.2, -0.15) is 0 Å². The summed E-state index contributed by atoms with van der Waals surface area (Å²) in [7, 11) is 2.91. The van der Waals surface area contributed by atoms with Crippen LogP contribution in [0.4, 0.5) is 4.79 Å². The summed E-state index contributed by atoms with van der Waals surface area (Å²) < 4.78 is 6.71. The minimum Gasteiger partial charge on any atom is -0.444 e. The number of alkyl carbamates (subject to hydrolysis) is 1. The van der Waals surface area contributed by atoms with Crippen LogP contribution in [0.2, 0.25) is 0 Å². The van der Waals surface area contributed by atoms with E-state index in [4.69, 9.17) is 9.57 Å². The van der Waals surface area contributed by atoms with Gasteiger partial charge in [0.1, 0.15) is 11.6 Å². The molecule has 3 atom stereocenters. The lowest BCUT2D eigenvalue weighted by atomic mass is 9.93. The van der Waals surface area contributed by atoms with Crippen molar-refractivity contribution in [2.75, 3.05) is 25.7 Å². The van der Waals surface area contributed by atoms with Crippen molar-refractivity contribution in [2.45, 2.75) is 64.6 Å². The van der Waals surface area contributed by atoms with Gasteiger partial charge in [-0.3, -0.25) is 14.4 Å². The van der Waals surface area contributed by atoms with Crippen LogP contribution in [0, 0.1) is 5.92 Å². The minimum atomic E-state index is -0.816. The van der Waals surface area contributed by atoms with E-state index in [0.717, 1.165) is 16.6 Å². The fourth-order valence-electron chi connectivity index (χ4n) is 3.55. The molecule has 2 N–H and O–H groups in total. The van der Waals surface area contributed by atoms with Crippen molar-refractivity contribution in [2.24, 2.45) is 5.92 Å². The van der Waals surface area contributed by atoms with Crippen molar-refractivity contribution in [3.8, 4) is 0 Å². The summed E-state index contributed by atoms with van der Waals surface area (Å²) in [6.07, 6.45) is 1.88. The Morgan fingerprint density at radius 3 is 2.33 bits per heavy atom. The summed E-state index contributed by atoms with van der Waals surface area (Å²) in [5.74, 6) is 1.17. The number of hydrogen-bond acceptors (Lipinski definition) is 7. The fraction of sp³-hybridized carbons (Fsp3) is 0.750. The predicted octanol–water partition coefficient (Wildman–Crippen LogP) is 2.90. The van der Waals surface area contributed by atoms with Crippen molar-refractivity contribution in [1.29, 1.82) is 0 Å². The van der Waals surface area contributed by atoms with E-state index in [-0.39, 0.29) is 23.8 Å². The van der Waals surface area contributed by atoms with Crippen LogP contribution in [0.25, 0.3) is 0 Å². The lowest BCUT2D eigenvalue weighted by Crippen LogP contribution is -2.55. The summed E-state index contributed by atoms with van der Waals surface area (Å²) in [5.41, 5.74) is 0.594. The Labute approximate surface area is 187 Å². The summed E-state index contributed by atoms with van der Waals surface area (Å²) in [4.78, 5) is 42.4. The number of ether oxygens (including phenoxy) is 1. The summed E-state index contributed by atoms with van der Waals surface area (Å²) in [6, 6.07) is -1.15. The van der Waals surface area contributed by atoms with Crippen molar-refractivity contribution >= 4 is 41.4 Å². The number of thioether (sulfide) groups is 2. The Hall–Kier alpha value is -1.39. The van der Waals surface area contributed by atoms with Crippen LogP contribution < -0.4 is 10.6 Å². The Kier molecular flexibility index (Phi) is 8.93. The van der Waals surface area contributed by atoms with Gasteiger partial charge in [0.2, 0.25) is 5.91 Å². The first-order valence-electron chi connectivity index (χ1n) is 10.1. The molecule has 1 saturated carbocycles. The number of amides is 3. The third-order valence-electron chi connectivity index (χ3n) is 4.85. The molecule has 1 aliphatic carbocycles. The first kappa shape index (κ1) is 24.9. The molecule has 3 amide bonds. The van der Waals surface area contributed by atoms with Gasteiger partial charge in [0.25, 0.3) is 5.91 Å². The summed E-state index contributed by atoms with van der Waals surface area (Å²) in [6.45, 7) is 6.79. The van der Waals surface area contributed by atoms with Crippen LogP contribution >= 0.6 is 23.5 Å². The first-order valence-corrected chi connectivity index (χ1v) is 12.0. The minimum absolute atomic E-state index is 0.308. The topological polar surface area (TPSA) is 97.0 Å². The molecular weight excluding hydrogens is 426 g/mol. The molecule has 0 aromatic carbocycles. The van der Waals surface area contributed by atoms with Gasteiger partial charge in [-0.1, -0.05) is 0 Å². The summed E-state index contributed by atoms with van der Waals surface area (Å²) in [5, 5.41) is 6.83. The van der Waals surface area contributed by atoms with Crippen LogP contribution in [-0.2, 0) is 19.2 Å². The number of hydrogen-bond donors (Lipinski definition) is 2. The maximum Gasteiger partial charge on any atom is 0.407 e. The molecular formula is C20H33N3O5S2. The van der Waals surface area contributed by atoms with E-state index in [2.05, 4.69) is 10.6 Å². The zero-order valence-electron chi connectivity index (χ0n) is 18.6. The number of carbonyl (C=O) groups excluding carboxylic acids is 3. The SMILES string of the molecule is CON(C)C(=O)C(NC(C)=O)[C@H]1CC(=C2SCCCS2)C[C@H]1NC(=O)OC(C)(C)C. The van der Waals surface area contributed by atoms with Crippen molar-refractivity contribution in [3.05, 3.63) is 9.81 Å². The van der Waals surface area contributed by atoms with E-state index < -0.39 is 17.7 Å². The molecule has 0 radical (unpaired) electrons. The number of carbonyl (C=O) groups is 3. The van der Waals surface area contributed by atoms with Crippen molar-refractivity contribution in [3.63, 3.8) is 0 Å². The normalized spacial score (nSPS) is 23.0. The average Bonchev–Trinajstić information content (AvgIpc) is 3.07. The van der Waals surface area contributed by atoms with Crippen LogP contribution in [-0.4, -0.2) is 66.3 Å². The monoisotopic (exact) mass is 459 g/mol. The third kappa shape index (κ3) is 7.09. The van der Waals surface area contributed by atoms with Crippen LogP contribution in [0.3, 0.4) is 0 Å². The standard InChI is InChI=1S/C20H33N3O5S2/c1-12(24)21-16(17(25)23(5)27-6)14-10-13(18-29-8-7-9-30-18)11-15(14)22-19(26)28-20(2,3)4/h14-16H,7-11H2,1-6H3,(H,21,24)(H,22,26)/t14-,15+,16?/m0/s1. The highest BCUT2D eigenvalue weighted by molar-refractivity contribution is 8.22. The Bertz CT molecular complexity index is 684. The fourth-order valence-corrected chi connectivity index (χ4v) is 6.26. The average molecular weight is 460 g/mol. The quantitative estimate of drug-likeness (QED) is 0.610. The molecule has 1 unspecified atom stereocenters. The van der Waals surface area contributed by atoms with Crippen LogP contribution in [0.5, 0.6) is 0 Å². The molecule has 30 heavy (non-hydrogen) atoms. The Morgan fingerprint density at radius 2 is 1.80 bits per heavy atom. The zero-order chi connectivity index (χ0) is 22.5. The van der Waals surface area contributed by atoms with Crippen LogP contribution in [0.15, 0.2) is 9.81 Å². The largest absolute Gasteiger partial charge is 0.444 e. The predicted molar refractivity (Wildman–Crippen MR) is 120 cm³/mol. The molecule has 170 valence electrons. The lowest BCUT2D eigenvalue weighted by Gasteiger charge is -2.31. The van der Waals surface area contributed by atoms with E-state index in [1.807, 2.05) is 23.5 Å². The molecule has 0 aromatic heterocycles. The van der Waals surface area contributed by atoms with Crippen LogP contribution in [0.1, 0.15) is 47.0 Å². The highest BCUT2D eigenvalue weighted by Gasteiger charge is 2.43. The van der Waals surface area contributed by atoms with Gasteiger partial charge >= 0.3 is 6.09 Å². The second kappa shape index (κ2) is 10.8. The Balaban J connectivity index is 2.31. The molecule has 2 fully saturated rings. The van der Waals surface area contributed by atoms with Gasteiger partial charge in [0.15, 0.2) is 0 Å². The lowest BCUT2D eigenvalue weighted by molar-refractivity contribution is -0.173. The maximum absolute atomic E-state index is 13.0. The molecule has 0 bridgehead atoms. The van der Waals surface area contributed by atoms with Crippen molar-refractivity contribution < 1.29 is 24.0 Å². The highest BCUT2D eigenvalue weighted by Crippen LogP contribution is 2.45. The number of likely N-dealkylation sites (N-methyl/N-ethyl adjacent to an activating group) is 1. The molecule has 1 aliphatic heterocycles. The van der Waals surface area contributed by atoms with E-state index in [9.17, 15) is 14.4 Å². The van der Waals surface area contributed by atoms with Gasteiger partial charge in [-0.05, 0) is 57.1 Å². The molecule has 0 spiro atoms. The number of hydroxylamine groups is 2. The number of rotatable bonds is 5. The smallest absolute Gasteiger partial charge is 0.407 e. The number of nitrogens with zero attached hydrogens (tertiary/aromatic N) is 1. The van der Waals surface area contributed by atoms with Gasteiger partial charge in [-0.25, -0.2) is 9.86 Å². The summed E-state index contributed by atoms with van der Waals surface area (Å²) >= 11 is 3.66. The third-order valence-corrected chi connectivity index (χ3v) is 7.64. The van der Waals surface area contributed by atoms with E-state index in [0.29, 0.717) is 12.8 Å².